The highest BCUT2D eigenvalue weighted by atomic mass is 31.1. The zero-order valence-electron chi connectivity index (χ0n) is 8.86. The summed E-state index contributed by atoms with van der Waals surface area (Å²) in [6.07, 6.45) is 1.12. The Balaban J connectivity index is 4.40. The second-order valence-corrected chi connectivity index (χ2v) is 8.59. The van der Waals surface area contributed by atoms with Crippen molar-refractivity contribution in [3.8, 4) is 0 Å². The Morgan fingerprint density at radius 2 is 2.00 bits per heavy atom. The van der Waals surface area contributed by atoms with E-state index in [9.17, 15) is 9.36 Å². The maximum absolute atomic E-state index is 11.0. The Kier molecular flexibility index (Phi) is 5.65. The molecular formula is C8H15O4PSi. The molecule has 0 saturated carbocycles. The maximum atomic E-state index is 11.0. The van der Waals surface area contributed by atoms with Gasteiger partial charge in [0.15, 0.2) is 5.50 Å². The molecular weight excluding hydrogens is 219 g/mol. The van der Waals surface area contributed by atoms with Crippen LogP contribution < -0.4 is 0 Å². The van der Waals surface area contributed by atoms with Gasteiger partial charge in [-0.1, -0.05) is 0 Å². The molecule has 0 unspecified atom stereocenters. The molecule has 0 spiro atoms. The van der Waals surface area contributed by atoms with Crippen molar-refractivity contribution in [2.75, 3.05) is 6.61 Å². The Bertz CT molecular complexity index is 244. The van der Waals surface area contributed by atoms with Crippen LogP contribution in [-0.4, -0.2) is 20.9 Å². The summed E-state index contributed by atoms with van der Waals surface area (Å²) in [7, 11) is -2.11. The zero-order valence-corrected chi connectivity index (χ0v) is 10.8. The van der Waals surface area contributed by atoms with Crippen LogP contribution in [0.4, 0.5) is 0 Å². The van der Waals surface area contributed by atoms with Crippen LogP contribution in [0.1, 0.15) is 6.92 Å². The van der Waals surface area contributed by atoms with Crippen molar-refractivity contribution in [1.29, 1.82) is 0 Å². The minimum atomic E-state index is -1.81. The lowest BCUT2D eigenvalue weighted by molar-refractivity contribution is -0.137. The molecule has 0 aliphatic rings. The van der Waals surface area contributed by atoms with Crippen molar-refractivity contribution in [3.63, 3.8) is 0 Å². The first-order valence-electron chi connectivity index (χ1n) is 4.30. The molecule has 6 heteroatoms. The van der Waals surface area contributed by atoms with Crippen LogP contribution in [0.15, 0.2) is 11.6 Å². The lowest BCUT2D eigenvalue weighted by Crippen LogP contribution is -2.24. The largest absolute Gasteiger partial charge is 0.539 e. The smallest absolute Gasteiger partial charge is 0.334 e. The van der Waals surface area contributed by atoms with E-state index in [1.165, 1.54) is 0 Å². The molecule has 4 nitrogen and oxygen atoms in total. The first-order chi connectivity index (χ1) is 6.39. The summed E-state index contributed by atoms with van der Waals surface area (Å²) in [5.41, 5.74) is 0.141. The summed E-state index contributed by atoms with van der Waals surface area (Å²) in [5, 5.41) is 0. The van der Waals surface area contributed by atoms with Gasteiger partial charge in [0, 0.05) is 0 Å². The van der Waals surface area contributed by atoms with Crippen molar-refractivity contribution < 1.29 is 18.5 Å². The van der Waals surface area contributed by atoms with E-state index >= 15 is 0 Å². The predicted octanol–water partition coefficient (Wildman–Crippen LogP) is 2.53. The summed E-state index contributed by atoms with van der Waals surface area (Å²) in [6.45, 7) is 7.83. The standard InChI is InChI=1S/C8H15O4PSi/c1-5-11-7(9)6-8(13-10)12-14(2,3)4/h6H,5H2,1-4H3. The number of rotatable bonds is 5. The van der Waals surface area contributed by atoms with Gasteiger partial charge >= 0.3 is 5.97 Å². The SMILES string of the molecule is CCOC(=O)C=C(O[Si](C)(C)C)P=O. The molecule has 0 aromatic rings. The fourth-order valence-electron chi connectivity index (χ4n) is 0.673. The summed E-state index contributed by atoms with van der Waals surface area (Å²) >= 11 is 0. The fraction of sp³-hybridized carbons (Fsp3) is 0.625. The Hall–Kier alpha value is -0.673. The van der Waals surface area contributed by atoms with Crippen LogP contribution in [-0.2, 0) is 18.5 Å². The summed E-state index contributed by atoms with van der Waals surface area (Å²) in [4.78, 5) is 11.0. The van der Waals surface area contributed by atoms with Crippen molar-refractivity contribution in [2.45, 2.75) is 26.6 Å². The van der Waals surface area contributed by atoms with Crippen LogP contribution in [0, 0.1) is 0 Å². The van der Waals surface area contributed by atoms with E-state index in [2.05, 4.69) is 4.74 Å². The highest BCUT2D eigenvalue weighted by Crippen LogP contribution is 2.19. The minimum Gasteiger partial charge on any atom is -0.539 e. The summed E-state index contributed by atoms with van der Waals surface area (Å²) < 4.78 is 20.7. The third kappa shape index (κ3) is 6.80. The van der Waals surface area contributed by atoms with Crippen LogP contribution in [0.25, 0.3) is 0 Å². The molecule has 0 N–H and O–H groups in total. The van der Waals surface area contributed by atoms with E-state index in [1.807, 2.05) is 19.6 Å². The first-order valence-corrected chi connectivity index (χ1v) is 8.52. The van der Waals surface area contributed by atoms with Gasteiger partial charge in [0.2, 0.25) is 16.8 Å². The van der Waals surface area contributed by atoms with E-state index in [1.54, 1.807) is 6.92 Å². The molecule has 14 heavy (non-hydrogen) atoms. The van der Waals surface area contributed by atoms with Crippen molar-refractivity contribution >= 4 is 22.7 Å². The van der Waals surface area contributed by atoms with Gasteiger partial charge in [-0.25, -0.2) is 4.79 Å². The number of ether oxygens (including phenoxy) is 1. The van der Waals surface area contributed by atoms with Gasteiger partial charge in [-0.05, 0) is 26.6 Å². The number of esters is 1. The van der Waals surface area contributed by atoms with E-state index < -0.39 is 14.3 Å². The van der Waals surface area contributed by atoms with Crippen LogP contribution in [0.5, 0.6) is 0 Å². The topological polar surface area (TPSA) is 52.6 Å². The predicted molar refractivity (Wildman–Crippen MR) is 56.8 cm³/mol. The second kappa shape index (κ2) is 5.93. The van der Waals surface area contributed by atoms with Gasteiger partial charge in [0.05, 0.1) is 12.7 Å². The van der Waals surface area contributed by atoms with Crippen LogP contribution in [0.2, 0.25) is 19.6 Å². The lowest BCUT2D eigenvalue weighted by atomic mass is 10.6. The number of carbonyl (C=O) groups excluding carboxylic acids is 1. The Morgan fingerprint density at radius 1 is 1.43 bits per heavy atom. The second-order valence-electron chi connectivity index (χ2n) is 3.54. The molecule has 0 heterocycles. The quantitative estimate of drug-likeness (QED) is 0.241. The molecule has 0 aliphatic carbocycles. The molecule has 0 rings (SSSR count). The fourth-order valence-corrected chi connectivity index (χ4v) is 2.49. The van der Waals surface area contributed by atoms with Gasteiger partial charge < -0.3 is 9.16 Å². The molecule has 0 atom stereocenters. The monoisotopic (exact) mass is 234 g/mol. The highest BCUT2D eigenvalue weighted by Gasteiger charge is 2.18. The van der Waals surface area contributed by atoms with Crippen molar-refractivity contribution in [1.82, 2.24) is 0 Å². The van der Waals surface area contributed by atoms with Crippen LogP contribution >= 0.6 is 8.46 Å². The third-order valence-corrected chi connectivity index (χ3v) is 2.43. The molecule has 80 valence electrons. The summed E-state index contributed by atoms with van der Waals surface area (Å²) in [6, 6.07) is 0. The van der Waals surface area contributed by atoms with Crippen LogP contribution in [0.3, 0.4) is 0 Å². The summed E-state index contributed by atoms with van der Waals surface area (Å²) in [5.74, 6) is -0.524. The van der Waals surface area contributed by atoms with Gasteiger partial charge in [-0.2, -0.15) is 0 Å². The van der Waals surface area contributed by atoms with Gasteiger partial charge in [0.25, 0.3) is 0 Å². The average molecular weight is 234 g/mol. The van der Waals surface area contributed by atoms with Crippen molar-refractivity contribution in [2.24, 2.45) is 0 Å². The van der Waals surface area contributed by atoms with Gasteiger partial charge in [0.1, 0.15) is 0 Å². The number of carbonyl (C=O) groups is 1. The number of hydrogen-bond acceptors (Lipinski definition) is 4. The Labute approximate surface area is 86.6 Å². The molecule has 0 aromatic carbocycles. The molecule has 0 fully saturated rings. The van der Waals surface area contributed by atoms with Gasteiger partial charge in [-0.15, -0.1) is 0 Å². The highest BCUT2D eigenvalue weighted by molar-refractivity contribution is 7.29. The average Bonchev–Trinajstić information content (AvgIpc) is 2.01. The first kappa shape index (κ1) is 13.3. The van der Waals surface area contributed by atoms with Gasteiger partial charge in [-0.3, -0.25) is 4.57 Å². The van der Waals surface area contributed by atoms with E-state index in [0.717, 1.165) is 6.08 Å². The molecule has 0 radical (unpaired) electrons. The van der Waals surface area contributed by atoms with E-state index in [-0.39, 0.29) is 14.0 Å². The van der Waals surface area contributed by atoms with E-state index in [0.29, 0.717) is 6.61 Å². The van der Waals surface area contributed by atoms with Crippen molar-refractivity contribution in [3.05, 3.63) is 11.6 Å². The molecule has 0 aromatic heterocycles. The molecule has 0 amide bonds. The number of hydrogen-bond donors (Lipinski definition) is 0. The zero-order chi connectivity index (χ0) is 11.2. The Morgan fingerprint density at radius 3 is 2.36 bits per heavy atom. The molecule has 0 aliphatic heterocycles. The van der Waals surface area contributed by atoms with E-state index in [4.69, 9.17) is 4.43 Å². The third-order valence-electron chi connectivity index (χ3n) is 1.03. The lowest BCUT2D eigenvalue weighted by Gasteiger charge is -2.17. The normalized spacial score (nSPS) is 12.7. The minimum absolute atomic E-state index is 0.141. The molecule has 0 bridgehead atoms. The maximum Gasteiger partial charge on any atom is 0.334 e. The molecule has 0 saturated heterocycles.